The zero-order valence-corrected chi connectivity index (χ0v) is 10.1. The van der Waals surface area contributed by atoms with E-state index in [0.29, 0.717) is 18.5 Å². The molecule has 1 saturated heterocycles. The average Bonchev–Trinajstić information content (AvgIpc) is 2.61. The Bertz CT molecular complexity index is 476. The molecular weight excluding hydrogens is 235 g/mol. The van der Waals surface area contributed by atoms with Gasteiger partial charge in [-0.3, -0.25) is 9.59 Å². The van der Waals surface area contributed by atoms with Crippen LogP contribution in [0.2, 0.25) is 0 Å². The third-order valence-electron chi connectivity index (χ3n) is 3.02. The molecule has 1 heterocycles. The number of amides is 2. The van der Waals surface area contributed by atoms with Gasteiger partial charge in [-0.2, -0.15) is 0 Å². The summed E-state index contributed by atoms with van der Waals surface area (Å²) < 4.78 is 12.9. The van der Waals surface area contributed by atoms with E-state index in [-0.39, 0.29) is 24.1 Å². The van der Waals surface area contributed by atoms with Crippen molar-refractivity contribution in [3.05, 3.63) is 35.6 Å². The number of nitrogens with one attached hydrogen (secondary N) is 1. The number of likely N-dealkylation sites (N-methyl/N-ethyl adjacent to an activating group) is 1. The lowest BCUT2D eigenvalue weighted by Gasteiger charge is -2.12. The highest BCUT2D eigenvalue weighted by Gasteiger charge is 2.29. The molecule has 1 aromatic rings. The van der Waals surface area contributed by atoms with E-state index >= 15 is 0 Å². The van der Waals surface area contributed by atoms with Gasteiger partial charge in [0.25, 0.3) is 0 Å². The monoisotopic (exact) mass is 250 g/mol. The fourth-order valence-electron chi connectivity index (χ4n) is 2.03. The molecule has 5 heteroatoms. The van der Waals surface area contributed by atoms with Crippen LogP contribution >= 0.6 is 0 Å². The minimum atomic E-state index is -0.434. The molecule has 2 rings (SSSR count). The highest BCUT2D eigenvalue weighted by molar-refractivity contribution is 5.89. The van der Waals surface area contributed by atoms with Gasteiger partial charge < -0.3 is 10.2 Å². The maximum Gasteiger partial charge on any atom is 0.244 e. The summed E-state index contributed by atoms with van der Waals surface area (Å²) in [4.78, 5) is 24.9. The van der Waals surface area contributed by atoms with E-state index in [9.17, 15) is 14.0 Å². The van der Waals surface area contributed by atoms with Gasteiger partial charge in [0.1, 0.15) is 11.9 Å². The number of rotatable bonds is 3. The second-order valence-corrected chi connectivity index (χ2v) is 4.48. The summed E-state index contributed by atoms with van der Waals surface area (Å²) in [5.41, 5.74) is 0.603. The van der Waals surface area contributed by atoms with Crippen LogP contribution in [0.25, 0.3) is 0 Å². The van der Waals surface area contributed by atoms with Crippen molar-refractivity contribution in [1.29, 1.82) is 0 Å². The molecule has 1 aromatic carbocycles. The van der Waals surface area contributed by atoms with Crippen molar-refractivity contribution in [2.45, 2.75) is 18.9 Å². The largest absolute Gasteiger partial charge is 0.344 e. The van der Waals surface area contributed by atoms with E-state index in [4.69, 9.17) is 0 Å². The molecule has 0 saturated carbocycles. The number of benzene rings is 1. The van der Waals surface area contributed by atoms with Gasteiger partial charge in [0.2, 0.25) is 11.8 Å². The van der Waals surface area contributed by atoms with E-state index in [1.54, 1.807) is 24.1 Å². The Hall–Kier alpha value is -1.91. The van der Waals surface area contributed by atoms with Crippen LogP contribution < -0.4 is 5.32 Å². The quantitative estimate of drug-likeness (QED) is 0.859. The summed E-state index contributed by atoms with van der Waals surface area (Å²) in [6.07, 6.45) is 0.718. The Morgan fingerprint density at radius 3 is 2.94 bits per heavy atom. The Kier molecular flexibility index (Phi) is 3.60. The van der Waals surface area contributed by atoms with E-state index in [1.807, 2.05) is 0 Å². The number of hydrogen-bond acceptors (Lipinski definition) is 2. The van der Waals surface area contributed by atoms with Crippen molar-refractivity contribution in [3.8, 4) is 0 Å². The number of nitrogens with zero attached hydrogens (tertiary/aromatic N) is 1. The molecule has 4 nitrogen and oxygen atoms in total. The van der Waals surface area contributed by atoms with Gasteiger partial charge >= 0.3 is 0 Å². The van der Waals surface area contributed by atoms with E-state index in [2.05, 4.69) is 5.32 Å². The van der Waals surface area contributed by atoms with E-state index in [1.165, 1.54) is 12.1 Å². The Labute approximate surface area is 105 Å². The Balaban J connectivity index is 1.91. The molecule has 0 aromatic heterocycles. The molecule has 1 N–H and O–H groups in total. The first-order valence-corrected chi connectivity index (χ1v) is 5.85. The van der Waals surface area contributed by atoms with Crippen molar-refractivity contribution in [3.63, 3.8) is 0 Å². The normalized spacial score (nSPS) is 19.1. The maximum absolute atomic E-state index is 12.9. The zero-order valence-electron chi connectivity index (χ0n) is 10.1. The predicted octanol–water partition coefficient (Wildman–Crippen LogP) is 0.715. The van der Waals surface area contributed by atoms with Crippen LogP contribution in [0.15, 0.2) is 24.3 Å². The number of carbonyl (C=O) groups is 2. The zero-order chi connectivity index (χ0) is 13.1. The molecule has 1 aliphatic heterocycles. The maximum atomic E-state index is 12.9. The van der Waals surface area contributed by atoms with Gasteiger partial charge in [0.15, 0.2) is 0 Å². The van der Waals surface area contributed by atoms with Crippen LogP contribution in [-0.2, 0) is 16.0 Å². The molecule has 0 aliphatic carbocycles. The van der Waals surface area contributed by atoms with Crippen molar-refractivity contribution in [2.24, 2.45) is 0 Å². The number of carbonyl (C=O) groups excluding carboxylic acids is 2. The molecule has 96 valence electrons. The predicted molar refractivity (Wildman–Crippen MR) is 64.3 cm³/mol. The first-order chi connectivity index (χ1) is 8.56. The molecule has 1 atom stereocenters. The van der Waals surface area contributed by atoms with Crippen molar-refractivity contribution >= 4 is 11.8 Å². The van der Waals surface area contributed by atoms with Crippen LogP contribution in [0.5, 0.6) is 0 Å². The van der Waals surface area contributed by atoms with Gasteiger partial charge in [0, 0.05) is 13.6 Å². The number of hydrogen-bond donors (Lipinski definition) is 1. The van der Waals surface area contributed by atoms with Gasteiger partial charge in [-0.25, -0.2) is 4.39 Å². The fraction of sp³-hybridized carbons (Fsp3) is 0.385. The van der Waals surface area contributed by atoms with E-state index in [0.717, 1.165) is 0 Å². The van der Waals surface area contributed by atoms with Crippen molar-refractivity contribution < 1.29 is 14.0 Å². The molecule has 1 aliphatic rings. The molecular formula is C13H15FN2O2. The van der Waals surface area contributed by atoms with Crippen LogP contribution in [0.1, 0.15) is 12.0 Å². The molecule has 0 bridgehead atoms. The summed E-state index contributed by atoms with van der Waals surface area (Å²) in [6, 6.07) is 5.47. The number of likely N-dealkylation sites (tertiary alicyclic amines) is 1. The molecule has 18 heavy (non-hydrogen) atoms. The summed E-state index contributed by atoms with van der Waals surface area (Å²) in [7, 11) is 1.71. The minimum absolute atomic E-state index is 0.0670. The van der Waals surface area contributed by atoms with Crippen LogP contribution in [0, 0.1) is 5.82 Å². The summed E-state index contributed by atoms with van der Waals surface area (Å²) in [6.45, 7) is 0.656. The third kappa shape index (κ3) is 2.85. The van der Waals surface area contributed by atoms with Crippen LogP contribution in [-0.4, -0.2) is 36.3 Å². The smallest absolute Gasteiger partial charge is 0.244 e. The van der Waals surface area contributed by atoms with Crippen LogP contribution in [0.3, 0.4) is 0 Å². The topological polar surface area (TPSA) is 49.4 Å². The first-order valence-electron chi connectivity index (χ1n) is 5.85. The van der Waals surface area contributed by atoms with Crippen LogP contribution in [0.4, 0.5) is 4.39 Å². The van der Waals surface area contributed by atoms with Gasteiger partial charge in [-0.05, 0) is 24.1 Å². The Morgan fingerprint density at radius 1 is 1.56 bits per heavy atom. The second kappa shape index (κ2) is 5.16. The van der Waals surface area contributed by atoms with Crippen molar-refractivity contribution in [2.75, 3.05) is 13.6 Å². The van der Waals surface area contributed by atoms with Gasteiger partial charge in [-0.15, -0.1) is 0 Å². The van der Waals surface area contributed by atoms with Crippen molar-refractivity contribution in [1.82, 2.24) is 10.2 Å². The molecule has 0 spiro atoms. The third-order valence-corrected chi connectivity index (χ3v) is 3.02. The highest BCUT2D eigenvalue weighted by atomic mass is 19.1. The standard InChI is InChI=1S/C13H15FN2O2/c1-16-6-5-11(13(16)18)15-12(17)8-9-3-2-4-10(14)7-9/h2-4,7,11H,5-6,8H2,1H3,(H,15,17). The molecule has 2 amide bonds. The summed E-state index contributed by atoms with van der Waals surface area (Å²) in [5, 5.41) is 2.67. The Morgan fingerprint density at radius 2 is 2.33 bits per heavy atom. The second-order valence-electron chi connectivity index (χ2n) is 4.48. The van der Waals surface area contributed by atoms with Gasteiger partial charge in [0.05, 0.1) is 6.42 Å². The number of halogens is 1. The summed E-state index contributed by atoms with van der Waals surface area (Å²) in [5.74, 6) is -0.686. The molecule has 1 unspecified atom stereocenters. The average molecular weight is 250 g/mol. The SMILES string of the molecule is CN1CCC(NC(=O)Cc2cccc(F)c2)C1=O. The molecule has 0 radical (unpaired) electrons. The lowest BCUT2D eigenvalue weighted by atomic mass is 10.1. The highest BCUT2D eigenvalue weighted by Crippen LogP contribution is 2.09. The van der Waals surface area contributed by atoms with E-state index < -0.39 is 6.04 Å². The summed E-state index contributed by atoms with van der Waals surface area (Å²) >= 11 is 0. The van der Waals surface area contributed by atoms with Gasteiger partial charge in [-0.1, -0.05) is 12.1 Å². The first kappa shape index (κ1) is 12.5. The lowest BCUT2D eigenvalue weighted by molar-refractivity contribution is -0.131. The minimum Gasteiger partial charge on any atom is -0.344 e. The fourth-order valence-corrected chi connectivity index (χ4v) is 2.03. The lowest BCUT2D eigenvalue weighted by Crippen LogP contribution is -2.41. The molecule has 1 fully saturated rings.